The molecule has 0 bridgehead atoms. The maximum absolute atomic E-state index is 12.2. The molecule has 1 N–H and O–H groups in total. The highest BCUT2D eigenvalue weighted by Gasteiger charge is 2.34. The zero-order valence-electron chi connectivity index (χ0n) is 12.0. The number of likely N-dealkylation sites (tertiary alicyclic amines) is 1. The molecule has 19 heavy (non-hydrogen) atoms. The van der Waals surface area contributed by atoms with Gasteiger partial charge in [0.05, 0.1) is 5.75 Å². The van der Waals surface area contributed by atoms with Gasteiger partial charge in [0, 0.05) is 19.1 Å². The van der Waals surface area contributed by atoms with Gasteiger partial charge in [0.1, 0.15) is 0 Å². The van der Waals surface area contributed by atoms with Crippen molar-refractivity contribution in [2.45, 2.75) is 38.6 Å². The lowest BCUT2D eigenvalue weighted by Gasteiger charge is -2.23. The first-order valence-corrected chi connectivity index (χ1v) is 9.17. The van der Waals surface area contributed by atoms with Crippen molar-refractivity contribution in [3.63, 3.8) is 0 Å². The van der Waals surface area contributed by atoms with E-state index in [1.54, 1.807) is 4.31 Å². The standard InChI is InChI=1S/C13H27N3O2S/c1-2-14-7-5-11-19(17,18)16-10-6-13(12-16)15-8-3-4-9-15/h13-14H,2-12H2,1H3. The maximum atomic E-state index is 12.2. The van der Waals surface area contributed by atoms with E-state index >= 15 is 0 Å². The van der Waals surface area contributed by atoms with Crippen LogP contribution in [-0.4, -0.2) is 68.7 Å². The highest BCUT2D eigenvalue weighted by Crippen LogP contribution is 2.22. The van der Waals surface area contributed by atoms with Crippen molar-refractivity contribution in [1.29, 1.82) is 0 Å². The second-order valence-corrected chi connectivity index (χ2v) is 7.66. The smallest absolute Gasteiger partial charge is 0.214 e. The second kappa shape index (κ2) is 7.02. The van der Waals surface area contributed by atoms with Crippen LogP contribution in [0.3, 0.4) is 0 Å². The third kappa shape index (κ3) is 4.15. The summed E-state index contributed by atoms with van der Waals surface area (Å²) in [6.07, 6.45) is 4.26. The van der Waals surface area contributed by atoms with Crippen LogP contribution in [0.5, 0.6) is 0 Å². The van der Waals surface area contributed by atoms with Crippen LogP contribution in [0.15, 0.2) is 0 Å². The van der Waals surface area contributed by atoms with Gasteiger partial charge in [-0.25, -0.2) is 12.7 Å². The number of hydrogen-bond acceptors (Lipinski definition) is 4. The molecule has 0 aromatic rings. The lowest BCUT2D eigenvalue weighted by atomic mass is 10.2. The summed E-state index contributed by atoms with van der Waals surface area (Å²) in [4.78, 5) is 2.47. The maximum Gasteiger partial charge on any atom is 0.214 e. The van der Waals surface area contributed by atoms with Gasteiger partial charge >= 0.3 is 0 Å². The molecule has 0 aromatic carbocycles. The molecule has 2 rings (SSSR count). The summed E-state index contributed by atoms with van der Waals surface area (Å²) in [5.74, 6) is 0.284. The Labute approximate surface area is 117 Å². The minimum Gasteiger partial charge on any atom is -0.317 e. The number of rotatable bonds is 7. The Morgan fingerprint density at radius 1 is 1.21 bits per heavy atom. The molecule has 5 nitrogen and oxygen atoms in total. The first-order valence-electron chi connectivity index (χ1n) is 7.56. The predicted octanol–water partition coefficient (Wildman–Crippen LogP) is 0.486. The van der Waals surface area contributed by atoms with E-state index in [4.69, 9.17) is 0 Å². The predicted molar refractivity (Wildman–Crippen MR) is 77.7 cm³/mol. The molecule has 0 spiro atoms. The van der Waals surface area contributed by atoms with E-state index in [2.05, 4.69) is 10.2 Å². The zero-order valence-corrected chi connectivity index (χ0v) is 12.8. The topological polar surface area (TPSA) is 52.7 Å². The summed E-state index contributed by atoms with van der Waals surface area (Å²) in [5, 5.41) is 3.17. The van der Waals surface area contributed by atoms with Crippen molar-refractivity contribution in [2.24, 2.45) is 0 Å². The SMILES string of the molecule is CCNCCCS(=O)(=O)N1CCC(N2CCCC2)C1. The van der Waals surface area contributed by atoms with E-state index in [1.807, 2.05) is 6.92 Å². The minimum absolute atomic E-state index is 0.284. The molecular weight excluding hydrogens is 262 g/mol. The molecule has 2 saturated heterocycles. The van der Waals surface area contributed by atoms with Crippen LogP contribution in [0.1, 0.15) is 32.6 Å². The minimum atomic E-state index is -3.04. The Bertz CT molecular complexity index is 366. The van der Waals surface area contributed by atoms with Crippen molar-refractivity contribution in [3.8, 4) is 0 Å². The van der Waals surface area contributed by atoms with Crippen molar-refractivity contribution < 1.29 is 8.42 Å². The largest absolute Gasteiger partial charge is 0.317 e. The normalized spacial score (nSPS) is 26.3. The molecule has 0 saturated carbocycles. The third-order valence-corrected chi connectivity index (χ3v) is 6.11. The highest BCUT2D eigenvalue weighted by molar-refractivity contribution is 7.89. The number of nitrogens with one attached hydrogen (secondary N) is 1. The summed E-state index contributed by atoms with van der Waals surface area (Å²) in [7, 11) is -3.04. The number of sulfonamides is 1. The van der Waals surface area contributed by atoms with Gasteiger partial charge in [-0.1, -0.05) is 6.92 Å². The Balaban J connectivity index is 1.78. The van der Waals surface area contributed by atoms with Crippen LogP contribution in [0.25, 0.3) is 0 Å². The average Bonchev–Trinajstić information content (AvgIpc) is 3.03. The summed E-state index contributed by atoms with van der Waals surface area (Å²) in [5.41, 5.74) is 0. The molecule has 2 heterocycles. The van der Waals surface area contributed by atoms with E-state index in [9.17, 15) is 8.42 Å². The molecule has 0 radical (unpaired) electrons. The van der Waals surface area contributed by atoms with Crippen LogP contribution < -0.4 is 5.32 Å². The van der Waals surface area contributed by atoms with Crippen molar-refractivity contribution in [1.82, 2.24) is 14.5 Å². The third-order valence-electron chi connectivity index (χ3n) is 4.18. The highest BCUT2D eigenvalue weighted by atomic mass is 32.2. The van der Waals surface area contributed by atoms with Crippen LogP contribution in [0.2, 0.25) is 0 Å². The second-order valence-electron chi connectivity index (χ2n) is 5.57. The van der Waals surface area contributed by atoms with E-state index in [1.165, 1.54) is 12.8 Å². The molecule has 1 atom stereocenters. The quantitative estimate of drug-likeness (QED) is 0.693. The van der Waals surface area contributed by atoms with Gasteiger partial charge in [-0.15, -0.1) is 0 Å². The van der Waals surface area contributed by atoms with Gasteiger partial charge < -0.3 is 5.32 Å². The van der Waals surface area contributed by atoms with Gasteiger partial charge in [0.15, 0.2) is 0 Å². The van der Waals surface area contributed by atoms with Crippen LogP contribution in [0, 0.1) is 0 Å². The molecule has 0 amide bonds. The van der Waals surface area contributed by atoms with Crippen molar-refractivity contribution in [3.05, 3.63) is 0 Å². The Morgan fingerprint density at radius 3 is 2.63 bits per heavy atom. The summed E-state index contributed by atoms with van der Waals surface area (Å²) < 4.78 is 26.2. The van der Waals surface area contributed by atoms with Gasteiger partial charge in [0.2, 0.25) is 10.0 Å². The summed E-state index contributed by atoms with van der Waals surface area (Å²) >= 11 is 0. The fourth-order valence-corrected chi connectivity index (χ4v) is 4.60. The summed E-state index contributed by atoms with van der Waals surface area (Å²) in [6, 6.07) is 0.464. The van der Waals surface area contributed by atoms with Gasteiger partial charge in [-0.05, 0) is 51.9 Å². The van der Waals surface area contributed by atoms with Gasteiger partial charge in [0.25, 0.3) is 0 Å². The molecule has 1 unspecified atom stereocenters. The van der Waals surface area contributed by atoms with Gasteiger partial charge in [-0.2, -0.15) is 0 Å². The number of nitrogens with zero attached hydrogens (tertiary/aromatic N) is 2. The molecule has 112 valence electrons. The monoisotopic (exact) mass is 289 g/mol. The Morgan fingerprint density at radius 2 is 1.95 bits per heavy atom. The first-order chi connectivity index (χ1) is 9.13. The molecule has 2 aliphatic rings. The number of hydrogen-bond donors (Lipinski definition) is 1. The van der Waals surface area contributed by atoms with Crippen LogP contribution in [0.4, 0.5) is 0 Å². The van der Waals surface area contributed by atoms with Gasteiger partial charge in [-0.3, -0.25) is 4.90 Å². The lowest BCUT2D eigenvalue weighted by molar-refractivity contribution is 0.251. The van der Waals surface area contributed by atoms with Crippen LogP contribution >= 0.6 is 0 Å². The average molecular weight is 289 g/mol. The first kappa shape index (κ1) is 15.2. The fraction of sp³-hybridized carbons (Fsp3) is 1.00. The van der Waals surface area contributed by atoms with E-state index in [0.717, 1.165) is 32.6 Å². The molecular formula is C13H27N3O2S. The molecule has 0 aliphatic carbocycles. The van der Waals surface area contributed by atoms with E-state index < -0.39 is 10.0 Å². The van der Waals surface area contributed by atoms with E-state index in [0.29, 0.717) is 25.6 Å². The molecule has 6 heteroatoms. The van der Waals surface area contributed by atoms with Crippen molar-refractivity contribution in [2.75, 3.05) is 45.0 Å². The molecule has 2 aliphatic heterocycles. The molecule has 0 aromatic heterocycles. The zero-order chi connectivity index (χ0) is 13.7. The fourth-order valence-electron chi connectivity index (χ4n) is 3.05. The summed E-state index contributed by atoms with van der Waals surface area (Å²) in [6.45, 7) is 7.46. The van der Waals surface area contributed by atoms with E-state index in [-0.39, 0.29) is 5.75 Å². The lowest BCUT2D eigenvalue weighted by Crippen LogP contribution is -2.38. The Hall–Kier alpha value is -0.170. The van der Waals surface area contributed by atoms with Crippen LogP contribution in [-0.2, 0) is 10.0 Å². The van der Waals surface area contributed by atoms with Crippen molar-refractivity contribution >= 4 is 10.0 Å². The Kier molecular flexibility index (Phi) is 5.62. The molecule has 2 fully saturated rings.